The van der Waals surface area contributed by atoms with Gasteiger partial charge in [-0.2, -0.15) is 0 Å². The summed E-state index contributed by atoms with van der Waals surface area (Å²) in [6.07, 6.45) is -0.437. The second-order valence-electron chi connectivity index (χ2n) is 6.89. The zero-order valence-electron chi connectivity index (χ0n) is 16.7. The van der Waals surface area contributed by atoms with Gasteiger partial charge in [0.05, 0.1) is 18.1 Å². The molecule has 0 bridgehead atoms. The predicted octanol–water partition coefficient (Wildman–Crippen LogP) is 4.40. The summed E-state index contributed by atoms with van der Waals surface area (Å²) in [6.45, 7) is 0. The maximum absolute atomic E-state index is 13.2. The van der Waals surface area contributed by atoms with Gasteiger partial charge in [-0.3, -0.25) is 14.9 Å². The van der Waals surface area contributed by atoms with E-state index in [0.29, 0.717) is 27.7 Å². The highest BCUT2D eigenvalue weighted by Crippen LogP contribution is 2.21. The van der Waals surface area contributed by atoms with E-state index in [4.69, 9.17) is 0 Å². The van der Waals surface area contributed by atoms with Crippen LogP contribution in [0.15, 0.2) is 72.8 Å². The Bertz CT molecular complexity index is 1280. The molecule has 0 unspecified atom stereocenters. The second-order valence-corrected chi connectivity index (χ2v) is 6.89. The van der Waals surface area contributed by atoms with Gasteiger partial charge in [-0.15, -0.1) is 0 Å². The van der Waals surface area contributed by atoms with Gasteiger partial charge in [0.2, 0.25) is 5.95 Å². The molecule has 3 aromatic carbocycles. The number of anilines is 1. The lowest BCUT2D eigenvalue weighted by atomic mass is 9.93. The zero-order valence-corrected chi connectivity index (χ0v) is 16.7. The quantitative estimate of drug-likeness (QED) is 0.456. The minimum Gasteiger partial charge on any atom is -0.453 e. The first kappa shape index (κ1) is 20.0. The molecule has 4 aromatic rings. The number of rotatable bonds is 6. The monoisotopic (exact) mass is 413 g/mol. The molecule has 0 radical (unpaired) electrons. The van der Waals surface area contributed by atoms with Crippen molar-refractivity contribution in [3.05, 3.63) is 95.1 Å². The SMILES string of the molecule is COC(=O)Nc1nc2cc(C(=O)c3ccccc3C(=O)Cc3ccccc3)ccc2[nH]1. The Labute approximate surface area is 178 Å². The fourth-order valence-electron chi connectivity index (χ4n) is 3.31. The Balaban J connectivity index is 1.63. The minimum absolute atomic E-state index is 0.124. The van der Waals surface area contributed by atoms with E-state index in [1.54, 1.807) is 42.5 Å². The highest BCUT2D eigenvalue weighted by molar-refractivity contribution is 6.16. The third kappa shape index (κ3) is 4.35. The Hall–Kier alpha value is -4.26. The van der Waals surface area contributed by atoms with Crippen LogP contribution in [0.4, 0.5) is 10.7 Å². The molecule has 7 nitrogen and oxygen atoms in total. The van der Waals surface area contributed by atoms with Gasteiger partial charge < -0.3 is 9.72 Å². The maximum atomic E-state index is 13.2. The lowest BCUT2D eigenvalue weighted by Gasteiger charge is -2.08. The van der Waals surface area contributed by atoms with Crippen molar-refractivity contribution in [2.45, 2.75) is 6.42 Å². The molecule has 2 N–H and O–H groups in total. The molecule has 0 aliphatic rings. The number of fused-ring (bicyclic) bond motifs is 1. The van der Waals surface area contributed by atoms with Crippen LogP contribution in [0.25, 0.3) is 11.0 Å². The van der Waals surface area contributed by atoms with Crippen molar-refractivity contribution in [2.24, 2.45) is 0 Å². The molecule has 1 aromatic heterocycles. The van der Waals surface area contributed by atoms with Gasteiger partial charge in [-0.25, -0.2) is 9.78 Å². The Morgan fingerprint density at radius 2 is 1.65 bits per heavy atom. The van der Waals surface area contributed by atoms with Crippen LogP contribution in [-0.2, 0) is 11.2 Å². The third-order valence-electron chi connectivity index (χ3n) is 4.83. The van der Waals surface area contributed by atoms with Crippen molar-refractivity contribution in [1.82, 2.24) is 9.97 Å². The fourth-order valence-corrected chi connectivity index (χ4v) is 3.31. The first-order valence-electron chi connectivity index (χ1n) is 9.61. The number of amides is 1. The second kappa shape index (κ2) is 8.62. The summed E-state index contributed by atoms with van der Waals surface area (Å²) < 4.78 is 4.55. The van der Waals surface area contributed by atoms with Gasteiger partial charge in [0.1, 0.15) is 0 Å². The number of hydrogen-bond donors (Lipinski definition) is 2. The van der Waals surface area contributed by atoms with Crippen LogP contribution < -0.4 is 5.32 Å². The number of carbonyl (C=O) groups excluding carboxylic acids is 3. The Kier molecular flexibility index (Phi) is 5.57. The molecular weight excluding hydrogens is 394 g/mol. The van der Waals surface area contributed by atoms with Crippen molar-refractivity contribution in [3.8, 4) is 0 Å². The maximum Gasteiger partial charge on any atom is 0.413 e. The predicted molar refractivity (Wildman–Crippen MR) is 116 cm³/mol. The molecule has 7 heteroatoms. The molecule has 1 amide bonds. The molecule has 0 aliphatic carbocycles. The van der Waals surface area contributed by atoms with E-state index in [1.165, 1.54) is 7.11 Å². The van der Waals surface area contributed by atoms with Crippen LogP contribution in [0.2, 0.25) is 0 Å². The van der Waals surface area contributed by atoms with Crippen LogP contribution in [0, 0.1) is 0 Å². The number of nitrogens with one attached hydrogen (secondary N) is 2. The van der Waals surface area contributed by atoms with E-state index in [1.807, 2.05) is 30.3 Å². The van der Waals surface area contributed by atoms with Crippen LogP contribution in [0.3, 0.4) is 0 Å². The van der Waals surface area contributed by atoms with Crippen LogP contribution in [0.5, 0.6) is 0 Å². The average molecular weight is 413 g/mol. The number of aromatic amines is 1. The van der Waals surface area contributed by atoms with E-state index in [2.05, 4.69) is 20.0 Å². The lowest BCUT2D eigenvalue weighted by Crippen LogP contribution is -2.12. The molecule has 0 atom stereocenters. The Morgan fingerprint density at radius 3 is 2.39 bits per heavy atom. The topological polar surface area (TPSA) is 101 Å². The minimum atomic E-state index is -0.652. The summed E-state index contributed by atoms with van der Waals surface area (Å²) in [4.78, 5) is 44.7. The molecule has 0 fully saturated rings. The molecule has 1 heterocycles. The number of aromatic nitrogens is 2. The number of carbonyl (C=O) groups is 3. The summed E-state index contributed by atoms with van der Waals surface area (Å²) in [7, 11) is 1.26. The molecule has 0 saturated heterocycles. The zero-order chi connectivity index (χ0) is 21.8. The molecule has 31 heavy (non-hydrogen) atoms. The normalized spacial score (nSPS) is 10.6. The fraction of sp³-hybridized carbons (Fsp3) is 0.0833. The van der Waals surface area contributed by atoms with Crippen LogP contribution >= 0.6 is 0 Å². The summed E-state index contributed by atoms with van der Waals surface area (Å²) in [5, 5.41) is 2.45. The van der Waals surface area contributed by atoms with Gasteiger partial charge in [0, 0.05) is 23.1 Å². The van der Waals surface area contributed by atoms with Crippen molar-refractivity contribution in [2.75, 3.05) is 12.4 Å². The number of ketones is 2. The first-order chi connectivity index (χ1) is 15.0. The van der Waals surface area contributed by atoms with Crippen molar-refractivity contribution < 1.29 is 19.1 Å². The van der Waals surface area contributed by atoms with Crippen molar-refractivity contribution in [1.29, 1.82) is 0 Å². The summed E-state index contributed by atoms with van der Waals surface area (Å²) in [6, 6.07) is 21.2. The standard InChI is InChI=1S/C24H19N3O4/c1-31-24(30)27-23-25-19-12-11-16(14-20(19)26-23)22(29)18-10-6-5-9-17(18)21(28)13-15-7-3-2-4-8-15/h2-12,14H,13H2,1H3,(H2,25,26,27,30). The summed E-state index contributed by atoms with van der Waals surface area (Å²) in [5.41, 5.74) is 3.15. The third-order valence-corrected chi connectivity index (χ3v) is 4.83. The Morgan fingerprint density at radius 1 is 0.935 bits per heavy atom. The van der Waals surface area contributed by atoms with Crippen molar-refractivity contribution in [3.63, 3.8) is 0 Å². The number of Topliss-reactive ketones (excluding diaryl/α,β-unsaturated/α-hetero) is 1. The van der Waals surface area contributed by atoms with Crippen LogP contribution in [0.1, 0.15) is 31.8 Å². The molecule has 0 aliphatic heterocycles. The highest BCUT2D eigenvalue weighted by Gasteiger charge is 2.19. The van der Waals surface area contributed by atoms with Gasteiger partial charge in [0.25, 0.3) is 0 Å². The first-order valence-corrected chi connectivity index (χ1v) is 9.61. The smallest absolute Gasteiger partial charge is 0.413 e. The summed E-state index contributed by atoms with van der Waals surface area (Å²) in [5.74, 6) is -0.185. The number of hydrogen-bond acceptors (Lipinski definition) is 5. The molecule has 4 rings (SSSR count). The molecule has 154 valence electrons. The highest BCUT2D eigenvalue weighted by atomic mass is 16.5. The van der Waals surface area contributed by atoms with Gasteiger partial charge in [-0.05, 0) is 23.8 Å². The largest absolute Gasteiger partial charge is 0.453 e. The molecule has 0 spiro atoms. The number of nitrogens with zero attached hydrogens (tertiary/aromatic N) is 1. The number of methoxy groups -OCH3 is 1. The van der Waals surface area contributed by atoms with Crippen LogP contribution in [-0.4, -0.2) is 34.7 Å². The number of imidazole rings is 1. The number of ether oxygens (including phenoxy) is 1. The van der Waals surface area contributed by atoms with Gasteiger partial charge >= 0.3 is 6.09 Å². The van der Waals surface area contributed by atoms with E-state index >= 15 is 0 Å². The van der Waals surface area contributed by atoms with Gasteiger partial charge in [-0.1, -0.05) is 54.6 Å². The number of H-pyrrole nitrogens is 1. The van der Waals surface area contributed by atoms with E-state index in [9.17, 15) is 14.4 Å². The molecule has 0 saturated carbocycles. The molecular formula is C24H19N3O4. The van der Waals surface area contributed by atoms with Gasteiger partial charge in [0.15, 0.2) is 11.6 Å². The van der Waals surface area contributed by atoms with E-state index in [-0.39, 0.29) is 23.9 Å². The average Bonchev–Trinajstić information content (AvgIpc) is 3.20. The van der Waals surface area contributed by atoms with E-state index < -0.39 is 6.09 Å². The van der Waals surface area contributed by atoms with Crippen molar-refractivity contribution >= 4 is 34.6 Å². The van der Waals surface area contributed by atoms with E-state index in [0.717, 1.165) is 5.56 Å². The summed E-state index contributed by atoms with van der Waals surface area (Å²) >= 11 is 0. The lowest BCUT2D eigenvalue weighted by molar-refractivity contribution is 0.0975. The number of benzene rings is 3.